The molecule has 0 aromatic carbocycles. The van der Waals surface area contributed by atoms with Gasteiger partial charge in [-0.2, -0.15) is 5.10 Å². The van der Waals surface area contributed by atoms with Gasteiger partial charge < -0.3 is 14.6 Å². The smallest absolute Gasteiger partial charge is 0.278 e. The number of carbonyl (C=O) groups excluding carboxylic acids is 1. The quantitative estimate of drug-likeness (QED) is 0.881. The molecule has 0 aliphatic heterocycles. The molecule has 0 spiro atoms. The van der Waals surface area contributed by atoms with Gasteiger partial charge >= 0.3 is 0 Å². The van der Waals surface area contributed by atoms with Crippen molar-refractivity contribution in [2.24, 2.45) is 0 Å². The number of halogens is 1. The minimum Gasteiger partial charge on any atom is -0.477 e. The Kier molecular flexibility index (Phi) is 5.07. The van der Waals surface area contributed by atoms with Crippen molar-refractivity contribution in [2.75, 3.05) is 12.4 Å². The maximum Gasteiger partial charge on any atom is 0.278 e. The lowest BCUT2D eigenvalue weighted by Gasteiger charge is -2.05. The summed E-state index contributed by atoms with van der Waals surface area (Å²) in [6.45, 7) is 6.20. The third kappa shape index (κ3) is 3.09. The maximum absolute atomic E-state index is 12.5. The number of unbranched alkanes of at least 4 members (excludes halogenated alkanes) is 1. The summed E-state index contributed by atoms with van der Waals surface area (Å²) in [5, 5.41) is 11.1. The Bertz CT molecular complexity index is 678. The highest BCUT2D eigenvalue weighted by Crippen LogP contribution is 2.29. The highest BCUT2D eigenvalue weighted by atomic mass is 35.5. The number of anilines is 1. The molecule has 8 heteroatoms. The summed E-state index contributed by atoms with van der Waals surface area (Å²) < 4.78 is 11.7. The number of nitrogens with one attached hydrogen (secondary N) is 1. The second kappa shape index (κ2) is 6.83. The Morgan fingerprint density at radius 1 is 1.45 bits per heavy atom. The van der Waals surface area contributed by atoms with Gasteiger partial charge in [-0.15, -0.1) is 0 Å². The maximum atomic E-state index is 12.5. The van der Waals surface area contributed by atoms with Crippen LogP contribution in [0.5, 0.6) is 5.88 Å². The highest BCUT2D eigenvalue weighted by molar-refractivity contribution is 6.33. The molecule has 2 rings (SSSR count). The summed E-state index contributed by atoms with van der Waals surface area (Å²) in [5.41, 5.74) is 1.32. The van der Waals surface area contributed by atoms with Crippen molar-refractivity contribution in [1.29, 1.82) is 0 Å². The van der Waals surface area contributed by atoms with Gasteiger partial charge in [0.05, 0.1) is 18.4 Å². The zero-order chi connectivity index (χ0) is 16.3. The van der Waals surface area contributed by atoms with Gasteiger partial charge in [-0.25, -0.2) is 0 Å². The van der Waals surface area contributed by atoms with E-state index in [0.29, 0.717) is 34.4 Å². The summed E-state index contributed by atoms with van der Waals surface area (Å²) in [4.78, 5) is 12.5. The van der Waals surface area contributed by atoms with Gasteiger partial charge in [-0.05, 0) is 25.4 Å². The zero-order valence-electron chi connectivity index (χ0n) is 13.1. The number of hydrogen-bond acceptors (Lipinski definition) is 5. The van der Waals surface area contributed by atoms with Crippen molar-refractivity contribution >= 4 is 23.2 Å². The van der Waals surface area contributed by atoms with E-state index in [2.05, 4.69) is 22.5 Å². The number of methoxy groups -OCH3 is 1. The van der Waals surface area contributed by atoms with Gasteiger partial charge in [-0.1, -0.05) is 24.9 Å². The van der Waals surface area contributed by atoms with Crippen molar-refractivity contribution in [1.82, 2.24) is 14.9 Å². The predicted molar refractivity (Wildman–Crippen MR) is 82.6 cm³/mol. The molecule has 0 aliphatic rings. The summed E-state index contributed by atoms with van der Waals surface area (Å²) in [6, 6.07) is 0. The van der Waals surface area contributed by atoms with Crippen LogP contribution in [0.3, 0.4) is 0 Å². The van der Waals surface area contributed by atoms with Crippen LogP contribution in [-0.2, 0) is 6.54 Å². The Labute approximate surface area is 133 Å². The number of hydrogen-bond donors (Lipinski definition) is 1. The first-order chi connectivity index (χ1) is 10.5. The van der Waals surface area contributed by atoms with E-state index in [9.17, 15) is 4.79 Å². The van der Waals surface area contributed by atoms with Crippen molar-refractivity contribution in [3.05, 3.63) is 22.2 Å². The molecule has 2 heterocycles. The van der Waals surface area contributed by atoms with Crippen LogP contribution in [0.2, 0.25) is 5.15 Å². The third-order valence-corrected chi connectivity index (χ3v) is 3.66. The SMILES string of the molecule is CCCCn1nc(C)c(C(=O)Nc2c(OC)noc2C)c1Cl. The molecule has 0 atom stereocenters. The summed E-state index contributed by atoms with van der Waals surface area (Å²) in [5.74, 6) is 0.310. The fourth-order valence-corrected chi connectivity index (χ4v) is 2.42. The topological polar surface area (TPSA) is 82.2 Å². The molecule has 0 fully saturated rings. The second-order valence-electron chi connectivity index (χ2n) is 4.91. The lowest BCUT2D eigenvalue weighted by Crippen LogP contribution is -2.14. The second-order valence-corrected chi connectivity index (χ2v) is 5.26. The van der Waals surface area contributed by atoms with E-state index in [1.165, 1.54) is 7.11 Å². The van der Waals surface area contributed by atoms with Gasteiger partial charge in [0.1, 0.15) is 10.8 Å². The average molecular weight is 327 g/mol. The minimum atomic E-state index is -0.366. The molecule has 0 aliphatic carbocycles. The monoisotopic (exact) mass is 326 g/mol. The Balaban J connectivity index is 2.26. The lowest BCUT2D eigenvalue weighted by molar-refractivity contribution is 0.102. The fraction of sp³-hybridized carbons (Fsp3) is 0.500. The summed E-state index contributed by atoms with van der Waals surface area (Å²) in [6.07, 6.45) is 1.97. The first-order valence-corrected chi connectivity index (χ1v) is 7.41. The van der Waals surface area contributed by atoms with E-state index in [1.807, 2.05) is 0 Å². The highest BCUT2D eigenvalue weighted by Gasteiger charge is 2.23. The third-order valence-electron chi connectivity index (χ3n) is 3.28. The number of aromatic nitrogens is 3. The standard InChI is InChI=1S/C14H19ClN4O3/c1-5-6-7-19-12(15)10(8(2)17-19)13(20)16-11-9(3)22-18-14(11)21-4/h5-7H2,1-4H3,(H,16,20). The van der Waals surface area contributed by atoms with E-state index in [1.54, 1.807) is 18.5 Å². The van der Waals surface area contributed by atoms with E-state index < -0.39 is 0 Å². The molecule has 2 aromatic heterocycles. The van der Waals surface area contributed by atoms with E-state index in [0.717, 1.165) is 12.8 Å². The van der Waals surface area contributed by atoms with Crippen LogP contribution in [0.4, 0.5) is 5.69 Å². The Morgan fingerprint density at radius 2 is 2.18 bits per heavy atom. The van der Waals surface area contributed by atoms with Crippen LogP contribution in [0.1, 0.15) is 41.6 Å². The van der Waals surface area contributed by atoms with Crippen LogP contribution in [-0.4, -0.2) is 28.0 Å². The van der Waals surface area contributed by atoms with Crippen LogP contribution in [0, 0.1) is 13.8 Å². The van der Waals surface area contributed by atoms with Crippen LogP contribution in [0.25, 0.3) is 0 Å². The Morgan fingerprint density at radius 3 is 2.82 bits per heavy atom. The van der Waals surface area contributed by atoms with Crippen LogP contribution in [0.15, 0.2) is 4.52 Å². The number of carbonyl (C=O) groups is 1. The molecule has 0 radical (unpaired) electrons. The lowest BCUT2D eigenvalue weighted by atomic mass is 10.2. The fourth-order valence-electron chi connectivity index (χ4n) is 2.08. The van der Waals surface area contributed by atoms with Gasteiger partial charge in [0.25, 0.3) is 11.8 Å². The Hall–Kier alpha value is -2.02. The largest absolute Gasteiger partial charge is 0.477 e. The van der Waals surface area contributed by atoms with Crippen molar-refractivity contribution in [3.8, 4) is 5.88 Å². The number of aryl methyl sites for hydroxylation is 3. The van der Waals surface area contributed by atoms with Crippen LogP contribution >= 0.6 is 11.6 Å². The van der Waals surface area contributed by atoms with E-state index in [4.69, 9.17) is 20.9 Å². The molecule has 7 nitrogen and oxygen atoms in total. The van der Waals surface area contributed by atoms with Crippen LogP contribution < -0.4 is 10.1 Å². The number of rotatable bonds is 6. The van der Waals surface area contributed by atoms with Crippen molar-refractivity contribution < 1.29 is 14.1 Å². The van der Waals surface area contributed by atoms with E-state index in [-0.39, 0.29) is 11.8 Å². The number of ether oxygens (including phenoxy) is 1. The van der Waals surface area contributed by atoms with Gasteiger partial charge in [0.2, 0.25) is 0 Å². The number of nitrogens with zero attached hydrogens (tertiary/aromatic N) is 3. The predicted octanol–water partition coefficient (Wildman–Crippen LogP) is 3.20. The molecule has 0 bridgehead atoms. The molecule has 2 aromatic rings. The first kappa shape index (κ1) is 16.4. The van der Waals surface area contributed by atoms with Gasteiger partial charge in [-0.3, -0.25) is 9.48 Å². The molecular weight excluding hydrogens is 308 g/mol. The molecule has 0 unspecified atom stereocenters. The molecule has 0 saturated carbocycles. The molecule has 0 saturated heterocycles. The molecule has 120 valence electrons. The van der Waals surface area contributed by atoms with Gasteiger partial charge in [0, 0.05) is 6.54 Å². The van der Waals surface area contributed by atoms with Crippen molar-refractivity contribution in [2.45, 2.75) is 40.2 Å². The summed E-state index contributed by atoms with van der Waals surface area (Å²) >= 11 is 6.28. The van der Waals surface area contributed by atoms with Gasteiger partial charge in [0.15, 0.2) is 5.76 Å². The normalized spacial score (nSPS) is 10.8. The molecule has 1 N–H and O–H groups in total. The number of amides is 1. The summed E-state index contributed by atoms with van der Waals surface area (Å²) in [7, 11) is 1.45. The molecular formula is C14H19ClN4O3. The average Bonchev–Trinajstić information content (AvgIpc) is 2.97. The molecule has 22 heavy (non-hydrogen) atoms. The minimum absolute atomic E-state index is 0.220. The van der Waals surface area contributed by atoms with E-state index >= 15 is 0 Å². The van der Waals surface area contributed by atoms with Crippen molar-refractivity contribution in [3.63, 3.8) is 0 Å². The first-order valence-electron chi connectivity index (χ1n) is 7.04. The zero-order valence-corrected chi connectivity index (χ0v) is 13.8. The molecule has 1 amide bonds.